The maximum atomic E-state index is 13.2. The van der Waals surface area contributed by atoms with Crippen LogP contribution in [0.2, 0.25) is 0 Å². The molecular weight excluding hydrogens is 614 g/mol. The van der Waals surface area contributed by atoms with Gasteiger partial charge in [-0.3, -0.25) is 9.59 Å². The van der Waals surface area contributed by atoms with Crippen molar-refractivity contribution in [1.29, 1.82) is 0 Å². The van der Waals surface area contributed by atoms with Gasteiger partial charge in [0.15, 0.2) is 5.78 Å². The van der Waals surface area contributed by atoms with Crippen molar-refractivity contribution in [1.82, 2.24) is 0 Å². The van der Waals surface area contributed by atoms with Crippen molar-refractivity contribution in [3.63, 3.8) is 0 Å². The molecule has 8 heteroatoms. The summed E-state index contributed by atoms with van der Waals surface area (Å²) in [4.78, 5) is 26.4. The highest BCUT2D eigenvalue weighted by Gasteiger charge is 2.46. The van der Waals surface area contributed by atoms with Gasteiger partial charge in [-0.25, -0.2) is 0 Å². The molecule has 2 aromatic carbocycles. The maximum absolute atomic E-state index is 13.2. The van der Waals surface area contributed by atoms with Gasteiger partial charge in [0.2, 0.25) is 5.78 Å². The molecule has 0 saturated heterocycles. The normalized spacial score (nSPS) is 24.4. The second kappa shape index (κ2) is 8.36. The lowest BCUT2D eigenvalue weighted by Gasteiger charge is -2.42. The summed E-state index contributed by atoms with van der Waals surface area (Å²) in [5.41, 5.74) is 0.533. The fourth-order valence-electron chi connectivity index (χ4n) is 4.69. The zero-order valence-corrected chi connectivity index (χ0v) is 21.2. The van der Waals surface area contributed by atoms with Crippen LogP contribution in [-0.2, 0) is 4.74 Å². The number of aliphatic hydroxyl groups is 1. The Bertz CT molecular complexity index is 1060. The number of carbonyl (C=O) groups excluding carboxylic acids is 2. The monoisotopic (exact) mass is 636 g/mol. The smallest absolute Gasteiger partial charge is 0.201 e. The van der Waals surface area contributed by atoms with E-state index >= 15 is 0 Å². The summed E-state index contributed by atoms with van der Waals surface area (Å²) in [5.74, 6) is -2.00. The van der Waals surface area contributed by atoms with Crippen molar-refractivity contribution >= 4 is 48.8 Å². The lowest BCUT2D eigenvalue weighted by Crippen LogP contribution is -2.39. The Balaban J connectivity index is 0.00000124. The Hall–Kier alpha value is -1.24. The molecule has 0 aromatic heterocycles. The highest BCUT2D eigenvalue weighted by atomic mass is 128. The van der Waals surface area contributed by atoms with Crippen LogP contribution in [0.15, 0.2) is 18.2 Å². The molecule has 30 heavy (non-hydrogen) atoms. The van der Waals surface area contributed by atoms with Gasteiger partial charge >= 0.3 is 0 Å². The Morgan fingerprint density at radius 3 is 2.30 bits per heavy atom. The zero-order valence-electron chi connectivity index (χ0n) is 16.9. The lowest BCUT2D eigenvalue weighted by molar-refractivity contribution is -0.0416. The minimum Gasteiger partial charge on any atom is -0.507 e. The predicted molar refractivity (Wildman–Crippen MR) is 129 cm³/mol. The number of hydrogen-bond donors (Lipinski definition) is 3. The second-order valence-corrected chi connectivity index (χ2v) is 7.92. The SMILES string of the molecule is COC1C[C@@](C)(O)C(C)c2c(C)c3c(c(O)c21)C(=O)c1c(O)cccc1C3=O.II. The molecule has 0 radical (unpaired) electrons. The third-order valence-corrected chi connectivity index (χ3v) is 6.35. The fourth-order valence-corrected chi connectivity index (χ4v) is 4.69. The summed E-state index contributed by atoms with van der Waals surface area (Å²) >= 11 is 4.24. The summed E-state index contributed by atoms with van der Waals surface area (Å²) in [6.45, 7) is 5.25. The Morgan fingerprint density at radius 2 is 1.70 bits per heavy atom. The standard InChI is InChI=1S/C22H22O6.I2/c1-9-14-10(2)22(3,27)8-13(28-4)17(14)21(26)18-15(9)19(24)11-6-5-7-12(23)16(11)20(18)25;1-2/h5-7,10,13,23,26-27H,8H2,1-4H3;/t10?,13?,22-;/m1./s1. The van der Waals surface area contributed by atoms with Crippen LogP contribution in [0, 0.1) is 6.92 Å². The van der Waals surface area contributed by atoms with Gasteiger partial charge in [0, 0.05) is 73.4 Å². The molecule has 2 aromatic rings. The van der Waals surface area contributed by atoms with Crippen LogP contribution in [0.25, 0.3) is 0 Å². The average molecular weight is 636 g/mol. The number of ketones is 2. The summed E-state index contributed by atoms with van der Waals surface area (Å²) < 4.78 is 5.52. The average Bonchev–Trinajstić information content (AvgIpc) is 2.71. The Kier molecular flexibility index (Phi) is 6.53. The summed E-state index contributed by atoms with van der Waals surface area (Å²) in [6.07, 6.45) is -0.383. The molecule has 0 saturated carbocycles. The topological polar surface area (TPSA) is 104 Å². The van der Waals surface area contributed by atoms with Crippen molar-refractivity contribution in [2.45, 2.75) is 44.8 Å². The van der Waals surface area contributed by atoms with Crippen LogP contribution in [0.1, 0.15) is 80.8 Å². The van der Waals surface area contributed by atoms with Gasteiger partial charge in [-0.15, -0.1) is 0 Å². The van der Waals surface area contributed by atoms with Crippen LogP contribution in [-0.4, -0.2) is 39.6 Å². The molecule has 4 rings (SSSR count). The van der Waals surface area contributed by atoms with Gasteiger partial charge in [-0.2, -0.15) is 0 Å². The number of fused-ring (bicyclic) bond motifs is 3. The first-order valence-corrected chi connectivity index (χ1v) is 15.6. The van der Waals surface area contributed by atoms with Crippen molar-refractivity contribution in [2.24, 2.45) is 0 Å². The van der Waals surface area contributed by atoms with E-state index in [1.165, 1.54) is 25.3 Å². The first-order chi connectivity index (χ1) is 14.1. The van der Waals surface area contributed by atoms with E-state index in [1.807, 2.05) is 6.92 Å². The van der Waals surface area contributed by atoms with E-state index in [0.29, 0.717) is 16.7 Å². The van der Waals surface area contributed by atoms with Crippen molar-refractivity contribution in [3.05, 3.63) is 57.1 Å². The van der Waals surface area contributed by atoms with E-state index in [9.17, 15) is 24.9 Å². The summed E-state index contributed by atoms with van der Waals surface area (Å²) in [5, 5.41) is 32.1. The van der Waals surface area contributed by atoms with Gasteiger partial charge in [-0.1, -0.05) is 19.1 Å². The molecule has 2 aliphatic rings. The minimum atomic E-state index is -1.10. The van der Waals surface area contributed by atoms with Crippen LogP contribution >= 0.6 is 37.2 Å². The zero-order chi connectivity index (χ0) is 22.5. The number of hydrogen-bond acceptors (Lipinski definition) is 6. The molecule has 2 unspecified atom stereocenters. The third-order valence-electron chi connectivity index (χ3n) is 6.35. The number of methoxy groups -OCH3 is 1. The number of carbonyl (C=O) groups is 2. The number of rotatable bonds is 1. The van der Waals surface area contributed by atoms with E-state index in [1.54, 1.807) is 13.8 Å². The van der Waals surface area contributed by atoms with Gasteiger partial charge in [0.05, 0.1) is 22.8 Å². The van der Waals surface area contributed by atoms with E-state index < -0.39 is 23.3 Å². The summed E-state index contributed by atoms with van der Waals surface area (Å²) in [6, 6.07) is 4.34. The first kappa shape index (κ1) is 23.4. The van der Waals surface area contributed by atoms with Crippen LogP contribution in [0.4, 0.5) is 0 Å². The van der Waals surface area contributed by atoms with Crippen LogP contribution in [0.3, 0.4) is 0 Å². The van der Waals surface area contributed by atoms with Gasteiger partial charge in [-0.05, 0) is 31.0 Å². The highest BCUT2D eigenvalue weighted by Crippen LogP contribution is 2.53. The van der Waals surface area contributed by atoms with Gasteiger partial charge in [0.1, 0.15) is 11.5 Å². The number of aromatic hydroxyl groups is 2. The predicted octanol–water partition coefficient (Wildman–Crippen LogP) is 4.90. The van der Waals surface area contributed by atoms with Crippen LogP contribution < -0.4 is 0 Å². The van der Waals surface area contributed by atoms with Crippen molar-refractivity contribution < 1.29 is 29.6 Å². The van der Waals surface area contributed by atoms with Crippen molar-refractivity contribution in [2.75, 3.05) is 7.11 Å². The third kappa shape index (κ3) is 3.26. The number of ether oxygens (including phenoxy) is 1. The van der Waals surface area contributed by atoms with Gasteiger partial charge in [0.25, 0.3) is 0 Å². The fraction of sp³-hybridized carbons (Fsp3) is 0.364. The highest BCUT2D eigenvalue weighted by molar-refractivity contribution is 15.0. The number of halogens is 2. The molecule has 2 aliphatic carbocycles. The molecule has 160 valence electrons. The Labute approximate surface area is 198 Å². The molecule has 0 amide bonds. The number of phenols is 2. The molecular formula is C22H22I2O6. The van der Waals surface area contributed by atoms with E-state index in [2.05, 4.69) is 37.2 Å². The number of benzene rings is 2. The maximum Gasteiger partial charge on any atom is 0.201 e. The molecule has 0 fully saturated rings. The van der Waals surface area contributed by atoms with Crippen molar-refractivity contribution in [3.8, 4) is 11.5 Å². The van der Waals surface area contributed by atoms with E-state index in [4.69, 9.17) is 4.74 Å². The summed E-state index contributed by atoms with van der Waals surface area (Å²) in [7, 11) is 1.48. The molecule has 0 heterocycles. The largest absolute Gasteiger partial charge is 0.507 e. The van der Waals surface area contributed by atoms with Crippen LogP contribution in [0.5, 0.6) is 11.5 Å². The van der Waals surface area contributed by atoms with Gasteiger partial charge < -0.3 is 20.1 Å². The number of phenolic OH excluding ortho intramolecular Hbond substituents is 2. The molecule has 3 N–H and O–H groups in total. The van der Waals surface area contributed by atoms with E-state index in [0.717, 1.165) is 0 Å². The Morgan fingerprint density at radius 1 is 1.07 bits per heavy atom. The lowest BCUT2D eigenvalue weighted by atomic mass is 9.67. The quantitative estimate of drug-likeness (QED) is 0.329. The molecule has 0 spiro atoms. The molecule has 6 nitrogen and oxygen atoms in total. The molecule has 0 bridgehead atoms. The molecule has 0 aliphatic heterocycles. The van der Waals surface area contributed by atoms with E-state index in [-0.39, 0.29) is 46.1 Å². The molecule has 3 atom stereocenters. The first-order valence-electron chi connectivity index (χ1n) is 9.32. The minimum absolute atomic E-state index is 0.0977. The second-order valence-electron chi connectivity index (χ2n) is 7.92.